The van der Waals surface area contributed by atoms with Gasteiger partial charge in [-0.15, -0.1) is 0 Å². The molecule has 0 saturated carbocycles. The summed E-state index contributed by atoms with van der Waals surface area (Å²) in [5, 5.41) is 29.7. The highest BCUT2D eigenvalue weighted by atomic mass is 32.1. The first-order valence-corrected chi connectivity index (χ1v) is 6.74. The van der Waals surface area contributed by atoms with E-state index in [0.29, 0.717) is 4.90 Å². The van der Waals surface area contributed by atoms with E-state index >= 15 is 0 Å². The Morgan fingerprint density at radius 3 is 2.48 bits per heavy atom. The Morgan fingerprint density at radius 1 is 1.35 bits per heavy atom. The molecule has 0 fully saturated rings. The van der Waals surface area contributed by atoms with Crippen LogP contribution < -0.4 is 0 Å². The number of nitro benzene ring substituents is 1. The van der Waals surface area contributed by atoms with Crippen molar-refractivity contribution in [3.05, 3.63) is 39.9 Å². The van der Waals surface area contributed by atoms with Gasteiger partial charge in [-0.2, -0.15) is 0 Å². The molecule has 0 bridgehead atoms. The molecule has 2 unspecified atom stereocenters. The van der Waals surface area contributed by atoms with Crippen LogP contribution in [0.4, 0.5) is 10.5 Å². The quantitative estimate of drug-likeness (QED) is 0.490. The number of carbonyl (C=O) groups is 2. The minimum Gasteiger partial charge on any atom is -0.481 e. The summed E-state index contributed by atoms with van der Waals surface area (Å²) < 4.78 is 0. The van der Waals surface area contributed by atoms with Crippen molar-refractivity contribution in [2.75, 3.05) is 0 Å². The Hall–Kier alpha value is -2.88. The molecule has 0 spiro atoms. The topological polar surface area (TPSA) is 133 Å². The average Bonchev–Trinajstić information content (AvgIpc) is 2.45. The number of nitro groups is 1. The Kier molecular flexibility index (Phi) is 4.36. The summed E-state index contributed by atoms with van der Waals surface area (Å²) >= 11 is 4.90. The molecule has 120 valence electrons. The second-order valence-corrected chi connectivity index (χ2v) is 5.13. The second-order valence-electron chi connectivity index (χ2n) is 4.77. The van der Waals surface area contributed by atoms with Gasteiger partial charge in [-0.3, -0.25) is 14.9 Å². The van der Waals surface area contributed by atoms with E-state index in [1.54, 1.807) is 0 Å². The van der Waals surface area contributed by atoms with E-state index < -0.39 is 28.9 Å². The number of nitrogens with zero attached hydrogens (tertiary/aromatic N) is 3. The van der Waals surface area contributed by atoms with Crippen LogP contribution in [0.5, 0.6) is 0 Å². The van der Waals surface area contributed by atoms with Gasteiger partial charge in [0.2, 0.25) is 5.11 Å². The fourth-order valence-electron chi connectivity index (χ4n) is 2.51. The van der Waals surface area contributed by atoms with Crippen molar-refractivity contribution in [3.63, 3.8) is 0 Å². The Bertz CT molecular complexity index is 747. The summed E-state index contributed by atoms with van der Waals surface area (Å²) in [4.78, 5) is 38.0. The van der Waals surface area contributed by atoms with Crippen molar-refractivity contribution in [2.24, 2.45) is 10.9 Å². The Morgan fingerprint density at radius 2 is 1.96 bits per heavy atom. The summed E-state index contributed by atoms with van der Waals surface area (Å²) in [6.45, 7) is 1.39. The second kappa shape index (κ2) is 6.08. The van der Waals surface area contributed by atoms with Gasteiger partial charge in [0.25, 0.3) is 5.69 Å². The van der Waals surface area contributed by atoms with E-state index in [0.717, 1.165) is 0 Å². The third-order valence-corrected chi connectivity index (χ3v) is 3.73. The summed E-state index contributed by atoms with van der Waals surface area (Å²) in [6.07, 6.45) is -1.53. The fraction of sp³-hybridized carbons (Fsp3) is 0.231. The van der Waals surface area contributed by atoms with Crippen LogP contribution in [0, 0.1) is 16.0 Å². The number of para-hydroxylation sites is 1. The first-order chi connectivity index (χ1) is 10.8. The van der Waals surface area contributed by atoms with Gasteiger partial charge in [-0.1, -0.05) is 18.2 Å². The van der Waals surface area contributed by atoms with Crippen molar-refractivity contribution in [1.82, 2.24) is 4.90 Å². The third kappa shape index (κ3) is 2.88. The van der Waals surface area contributed by atoms with E-state index in [1.807, 2.05) is 0 Å². The zero-order valence-electron chi connectivity index (χ0n) is 11.7. The van der Waals surface area contributed by atoms with Crippen LogP contribution >= 0.6 is 12.2 Å². The number of rotatable bonds is 3. The highest BCUT2D eigenvalue weighted by Gasteiger charge is 2.46. The van der Waals surface area contributed by atoms with Crippen molar-refractivity contribution < 1.29 is 24.7 Å². The lowest BCUT2D eigenvalue weighted by atomic mass is 9.86. The monoisotopic (exact) mass is 337 g/mol. The largest absolute Gasteiger partial charge is 0.481 e. The smallest absolute Gasteiger partial charge is 0.414 e. The maximum Gasteiger partial charge on any atom is 0.414 e. The zero-order chi connectivity index (χ0) is 17.3. The van der Waals surface area contributed by atoms with E-state index in [4.69, 9.17) is 12.2 Å². The number of hydrogen-bond acceptors (Lipinski definition) is 5. The fourth-order valence-corrected chi connectivity index (χ4v) is 2.84. The molecule has 1 amide bonds. The van der Waals surface area contributed by atoms with Crippen LogP contribution in [0.2, 0.25) is 0 Å². The van der Waals surface area contributed by atoms with Crippen molar-refractivity contribution >= 4 is 40.8 Å². The van der Waals surface area contributed by atoms with Gasteiger partial charge < -0.3 is 10.2 Å². The molecule has 23 heavy (non-hydrogen) atoms. The maximum atomic E-state index is 11.6. The normalized spacial score (nSPS) is 20.8. The number of benzene rings is 1. The van der Waals surface area contributed by atoms with Gasteiger partial charge in [0, 0.05) is 11.8 Å². The molecular formula is C13H11N3O6S. The van der Waals surface area contributed by atoms with Crippen molar-refractivity contribution in [1.29, 1.82) is 0 Å². The maximum absolute atomic E-state index is 11.6. The van der Waals surface area contributed by atoms with Crippen LogP contribution in [-0.2, 0) is 4.79 Å². The number of aliphatic carboxylic acids is 1. The molecule has 1 aliphatic rings. The number of hydrogen-bond donors (Lipinski definition) is 2. The first-order valence-electron chi connectivity index (χ1n) is 6.33. The molecule has 1 aromatic carbocycles. The van der Waals surface area contributed by atoms with Crippen LogP contribution in [0.1, 0.15) is 18.5 Å². The molecule has 2 N–H and O–H groups in total. The number of amides is 1. The number of carboxylic acids is 1. The van der Waals surface area contributed by atoms with Crippen molar-refractivity contribution in [3.8, 4) is 0 Å². The summed E-state index contributed by atoms with van der Waals surface area (Å²) in [7, 11) is 0. The molecule has 9 nitrogen and oxygen atoms in total. The van der Waals surface area contributed by atoms with Gasteiger partial charge in [0.05, 0.1) is 16.5 Å². The Labute approximate surface area is 135 Å². The molecule has 1 aliphatic heterocycles. The number of thiocarbonyl (C=S) groups is 1. The third-order valence-electron chi connectivity index (χ3n) is 3.45. The minimum atomic E-state index is -1.53. The van der Waals surface area contributed by atoms with Gasteiger partial charge >= 0.3 is 12.1 Å². The van der Waals surface area contributed by atoms with E-state index in [-0.39, 0.29) is 22.1 Å². The summed E-state index contributed by atoms with van der Waals surface area (Å²) in [5.41, 5.74) is -0.348. The highest BCUT2D eigenvalue weighted by molar-refractivity contribution is 7.80. The van der Waals surface area contributed by atoms with Gasteiger partial charge in [0.1, 0.15) is 5.92 Å². The molecule has 1 heterocycles. The predicted octanol–water partition coefficient (Wildman–Crippen LogP) is 2.08. The van der Waals surface area contributed by atoms with Crippen LogP contribution in [0.25, 0.3) is 0 Å². The lowest BCUT2D eigenvalue weighted by Crippen LogP contribution is -2.48. The molecule has 0 aliphatic carbocycles. The number of carboxylic acid groups (broad SMARTS) is 2. The zero-order valence-corrected chi connectivity index (χ0v) is 12.6. The lowest BCUT2D eigenvalue weighted by molar-refractivity contribution is -0.385. The lowest BCUT2D eigenvalue weighted by Gasteiger charge is -2.35. The van der Waals surface area contributed by atoms with Gasteiger partial charge in [-0.25, -0.2) is 14.7 Å². The molecular weight excluding hydrogens is 326 g/mol. The SMILES string of the molecule is CC1=NC(=S)N(C(=O)O)C(c2ccccc2[N+](=O)[O-])C1C(=O)O. The molecule has 1 aromatic rings. The summed E-state index contributed by atoms with van der Waals surface area (Å²) in [6, 6.07) is 4.00. The predicted molar refractivity (Wildman–Crippen MR) is 82.5 cm³/mol. The highest BCUT2D eigenvalue weighted by Crippen LogP contribution is 2.38. The van der Waals surface area contributed by atoms with E-state index in [9.17, 15) is 29.9 Å². The molecule has 0 aromatic heterocycles. The molecule has 2 atom stereocenters. The van der Waals surface area contributed by atoms with Crippen LogP contribution in [0.15, 0.2) is 29.3 Å². The minimum absolute atomic E-state index is 0.0519. The average molecular weight is 337 g/mol. The molecule has 2 rings (SSSR count). The van der Waals surface area contributed by atoms with Crippen molar-refractivity contribution in [2.45, 2.75) is 13.0 Å². The van der Waals surface area contributed by atoms with E-state index in [2.05, 4.69) is 4.99 Å². The van der Waals surface area contributed by atoms with E-state index in [1.165, 1.54) is 31.2 Å². The molecule has 10 heteroatoms. The standard InChI is InChI=1S/C13H11N3O6S/c1-6-9(11(17)18)10(15(13(19)20)12(23)14-6)7-4-2-3-5-8(7)16(21)22/h2-5,9-10H,1H3,(H,17,18)(H,19,20). The first kappa shape index (κ1) is 16.5. The molecule has 0 saturated heterocycles. The van der Waals surface area contributed by atoms with Crippen LogP contribution in [-0.4, -0.2) is 42.9 Å². The van der Waals surface area contributed by atoms with Gasteiger partial charge in [0.15, 0.2) is 0 Å². The van der Waals surface area contributed by atoms with Gasteiger partial charge in [-0.05, 0) is 19.1 Å². The Balaban J connectivity index is 2.74. The van der Waals surface area contributed by atoms with Crippen LogP contribution in [0.3, 0.4) is 0 Å². The summed E-state index contributed by atoms with van der Waals surface area (Å²) in [5.74, 6) is -2.72. The number of aliphatic imine (C=N–C) groups is 1. The molecule has 0 radical (unpaired) electrons.